The Morgan fingerprint density at radius 2 is 1.81 bits per heavy atom. The molecule has 0 aromatic carbocycles. The van der Waals surface area contributed by atoms with E-state index < -0.39 is 0 Å². The van der Waals surface area contributed by atoms with Gasteiger partial charge < -0.3 is 0 Å². The zero-order valence-corrected chi connectivity index (χ0v) is 15.0. The summed E-state index contributed by atoms with van der Waals surface area (Å²) >= 11 is 1.06. The van der Waals surface area contributed by atoms with Gasteiger partial charge in [-0.2, -0.15) is 11.6 Å². The summed E-state index contributed by atoms with van der Waals surface area (Å²) in [7, 11) is 0. The molecule has 0 radical (unpaired) electrons. The Bertz CT molecular complexity index is 266. The molecule has 3 heteroatoms. The summed E-state index contributed by atoms with van der Waals surface area (Å²) < 4.78 is 3.39. The number of hydrogen-bond donors (Lipinski definition) is 0. The Morgan fingerprint density at radius 1 is 1.19 bits per heavy atom. The van der Waals surface area contributed by atoms with Gasteiger partial charge in [0, 0.05) is 0 Å². The Labute approximate surface area is 126 Å². The van der Waals surface area contributed by atoms with Crippen LogP contribution in [0.5, 0.6) is 0 Å². The summed E-state index contributed by atoms with van der Waals surface area (Å²) in [6, 6.07) is 0. The molecule has 2 aliphatic carbocycles. The molecule has 0 unspecified atom stereocenters. The Morgan fingerprint density at radius 3 is 1.94 bits per heavy atom. The number of allylic oxidation sites excluding steroid dienone is 8. The van der Waals surface area contributed by atoms with Crippen molar-refractivity contribution in [2.24, 2.45) is 0 Å². The molecule has 0 fully saturated rings. The molecule has 0 atom stereocenters. The third-order valence-electron chi connectivity index (χ3n) is 1.94. The number of hydrogen-bond acceptors (Lipinski definition) is 0. The zero-order valence-electron chi connectivity index (χ0n) is 9.75. The molecular weight excluding hydrogens is 406 g/mol. The number of rotatable bonds is 0. The van der Waals surface area contributed by atoms with Crippen LogP contribution in [0.3, 0.4) is 0 Å². The molecule has 0 heterocycles. The SMILES string of the molecule is CC1=C(C)C[C-]=C1.Cl.Cl.[C-]1=CC=CC1.[CH2]=[Hf+2]. The predicted octanol–water partition coefficient (Wildman–Crippen LogP) is 4.20. The van der Waals surface area contributed by atoms with Gasteiger partial charge in [0.25, 0.3) is 0 Å². The zero-order chi connectivity index (χ0) is 10.8. The van der Waals surface area contributed by atoms with Crippen LogP contribution in [0.2, 0.25) is 0 Å². The van der Waals surface area contributed by atoms with Gasteiger partial charge in [-0.3, -0.25) is 12.2 Å². The average molecular weight is 424 g/mol. The van der Waals surface area contributed by atoms with Crippen molar-refractivity contribution < 1.29 is 23.9 Å². The second kappa shape index (κ2) is 15.3. The normalized spacial score (nSPS) is 14.2. The molecule has 0 aliphatic heterocycles. The molecule has 0 aromatic rings. The van der Waals surface area contributed by atoms with Crippen molar-refractivity contribution >= 4 is 29.1 Å². The van der Waals surface area contributed by atoms with E-state index in [-0.39, 0.29) is 24.8 Å². The minimum absolute atomic E-state index is 0. The van der Waals surface area contributed by atoms with Crippen molar-refractivity contribution in [1.82, 2.24) is 0 Å². The Balaban J connectivity index is -0.000000169. The molecule has 0 aromatic heterocycles. The van der Waals surface area contributed by atoms with E-state index in [0.717, 1.165) is 36.7 Å². The van der Waals surface area contributed by atoms with E-state index in [1.807, 2.05) is 12.2 Å². The predicted molar refractivity (Wildman–Crippen MR) is 74.0 cm³/mol. The van der Waals surface area contributed by atoms with Crippen LogP contribution in [0, 0.1) is 12.2 Å². The van der Waals surface area contributed by atoms with E-state index in [2.05, 4.69) is 42.4 Å². The third-order valence-corrected chi connectivity index (χ3v) is 1.94. The first kappa shape index (κ1) is 21.6. The first-order valence-electron chi connectivity index (χ1n) is 4.61. The van der Waals surface area contributed by atoms with Gasteiger partial charge in [0.05, 0.1) is 0 Å². The summed E-state index contributed by atoms with van der Waals surface area (Å²) in [6.45, 7) is 4.27. The summed E-state index contributed by atoms with van der Waals surface area (Å²) in [5, 5.41) is 0. The minimum atomic E-state index is 0. The van der Waals surface area contributed by atoms with E-state index in [4.69, 9.17) is 0 Å². The van der Waals surface area contributed by atoms with Gasteiger partial charge in [-0.15, -0.1) is 44.6 Å². The van der Waals surface area contributed by atoms with Gasteiger partial charge in [-0.05, 0) is 0 Å². The van der Waals surface area contributed by atoms with Crippen LogP contribution in [-0.2, 0) is 23.9 Å². The van der Waals surface area contributed by atoms with Crippen molar-refractivity contribution in [3.8, 4) is 0 Å². The molecule has 0 saturated carbocycles. The van der Waals surface area contributed by atoms with E-state index in [0.29, 0.717) is 0 Å². The van der Waals surface area contributed by atoms with Crippen molar-refractivity contribution in [1.29, 1.82) is 0 Å². The molecule has 0 nitrogen and oxygen atoms in total. The fourth-order valence-corrected chi connectivity index (χ4v) is 0.960. The van der Waals surface area contributed by atoms with Crippen LogP contribution in [0.1, 0.15) is 26.7 Å². The molecule has 0 amide bonds. The average Bonchev–Trinajstić information content (AvgIpc) is 2.86. The third kappa shape index (κ3) is 10.8. The van der Waals surface area contributed by atoms with Gasteiger partial charge >= 0.3 is 28.2 Å². The van der Waals surface area contributed by atoms with Gasteiger partial charge in [-0.25, -0.2) is 23.8 Å². The first-order chi connectivity index (χ1) is 6.80. The molecule has 0 N–H and O–H groups in total. The van der Waals surface area contributed by atoms with Crippen LogP contribution < -0.4 is 0 Å². The van der Waals surface area contributed by atoms with Crippen molar-refractivity contribution in [3.05, 3.63) is 47.6 Å². The molecule has 2 rings (SSSR count). The molecule has 16 heavy (non-hydrogen) atoms. The fourth-order valence-electron chi connectivity index (χ4n) is 0.960. The van der Waals surface area contributed by atoms with Crippen molar-refractivity contribution in [3.63, 3.8) is 0 Å². The van der Waals surface area contributed by atoms with Crippen LogP contribution in [-0.4, -0.2) is 4.26 Å². The first-order valence-corrected chi connectivity index (χ1v) is 7.15. The molecule has 88 valence electrons. The molecule has 0 saturated heterocycles. The van der Waals surface area contributed by atoms with Gasteiger partial charge in [0.2, 0.25) is 0 Å². The molecule has 0 bridgehead atoms. The topological polar surface area (TPSA) is 0 Å². The fraction of sp³-hybridized carbons (Fsp3) is 0.308. The van der Waals surface area contributed by atoms with E-state index in [1.165, 1.54) is 11.1 Å². The van der Waals surface area contributed by atoms with E-state index in [1.54, 1.807) is 0 Å². The molecule has 2 aliphatic rings. The van der Waals surface area contributed by atoms with Crippen LogP contribution in [0.15, 0.2) is 35.5 Å². The molecular formula is C13H18Cl2Hf. The van der Waals surface area contributed by atoms with E-state index in [9.17, 15) is 0 Å². The van der Waals surface area contributed by atoms with Crippen LogP contribution >= 0.6 is 24.8 Å². The second-order valence-corrected chi connectivity index (χ2v) is 2.99. The van der Waals surface area contributed by atoms with Crippen molar-refractivity contribution in [2.75, 3.05) is 0 Å². The Hall–Kier alpha value is 0.280. The van der Waals surface area contributed by atoms with Gasteiger partial charge in [0.1, 0.15) is 0 Å². The summed E-state index contributed by atoms with van der Waals surface area (Å²) in [6.07, 6.45) is 16.2. The summed E-state index contributed by atoms with van der Waals surface area (Å²) in [5.41, 5.74) is 2.85. The Kier molecular flexibility index (Phi) is 20.6. The van der Waals surface area contributed by atoms with Gasteiger partial charge in [0.15, 0.2) is 0 Å². The van der Waals surface area contributed by atoms with Crippen LogP contribution in [0.4, 0.5) is 0 Å². The number of halogens is 2. The maximum absolute atomic E-state index is 3.39. The quantitative estimate of drug-likeness (QED) is 0.405. The van der Waals surface area contributed by atoms with Crippen molar-refractivity contribution in [2.45, 2.75) is 26.7 Å². The maximum atomic E-state index is 3.39. The van der Waals surface area contributed by atoms with E-state index >= 15 is 0 Å². The van der Waals surface area contributed by atoms with Gasteiger partial charge in [-0.1, -0.05) is 6.92 Å². The summed E-state index contributed by atoms with van der Waals surface area (Å²) in [5.74, 6) is 0. The summed E-state index contributed by atoms with van der Waals surface area (Å²) in [4.78, 5) is 0. The molecule has 0 spiro atoms. The standard InChI is InChI=1S/C7H9.C5H5.CH2.2ClH.Hf/c1-6-4-3-5-7(6)2;1-2-4-5-3-1;;;;/h4H,5H2,1-2H3;1-3H,4H2;1H2;2*1H;/q2*-1;;;;+2. The van der Waals surface area contributed by atoms with Crippen LogP contribution in [0.25, 0.3) is 0 Å². The monoisotopic (exact) mass is 424 g/mol. The second-order valence-electron chi connectivity index (χ2n) is 2.99.